The number of carboxylic acids is 1. The summed E-state index contributed by atoms with van der Waals surface area (Å²) >= 11 is 1.15. The van der Waals surface area contributed by atoms with E-state index in [1.54, 1.807) is 17.5 Å². The highest BCUT2D eigenvalue weighted by Crippen LogP contribution is 2.22. The lowest BCUT2D eigenvalue weighted by Gasteiger charge is -2.06. The summed E-state index contributed by atoms with van der Waals surface area (Å²) in [5.41, 5.74) is 0.682. The van der Waals surface area contributed by atoms with Gasteiger partial charge in [-0.15, -0.1) is 11.3 Å². The molecule has 7 nitrogen and oxygen atoms in total. The lowest BCUT2D eigenvalue weighted by Crippen LogP contribution is -2.28. The third-order valence-electron chi connectivity index (χ3n) is 2.18. The highest BCUT2D eigenvalue weighted by molar-refractivity contribution is 7.14. The van der Waals surface area contributed by atoms with Crippen molar-refractivity contribution in [2.75, 3.05) is 5.32 Å². The minimum atomic E-state index is -1.08. The summed E-state index contributed by atoms with van der Waals surface area (Å²) in [6, 6.07) is 4.38. The van der Waals surface area contributed by atoms with Crippen molar-refractivity contribution in [3.05, 3.63) is 41.0 Å². The Hall–Kier alpha value is -2.48. The van der Waals surface area contributed by atoms with Gasteiger partial charge in [0.25, 0.3) is 0 Å². The molecule has 19 heavy (non-hydrogen) atoms. The van der Waals surface area contributed by atoms with E-state index in [-0.39, 0.29) is 12.1 Å². The molecule has 0 atom stereocenters. The number of aromatic nitrogens is 2. The minimum absolute atomic E-state index is 0.0691. The first-order chi connectivity index (χ1) is 9.16. The molecule has 0 aliphatic rings. The van der Waals surface area contributed by atoms with E-state index >= 15 is 0 Å². The van der Waals surface area contributed by atoms with Crippen LogP contribution in [0.15, 0.2) is 29.8 Å². The summed E-state index contributed by atoms with van der Waals surface area (Å²) in [4.78, 5) is 22.5. The van der Waals surface area contributed by atoms with Crippen molar-refractivity contribution in [2.24, 2.45) is 0 Å². The third kappa shape index (κ3) is 3.49. The molecule has 8 heteroatoms. The van der Waals surface area contributed by atoms with Crippen LogP contribution in [-0.4, -0.2) is 27.3 Å². The zero-order chi connectivity index (χ0) is 13.7. The van der Waals surface area contributed by atoms with Gasteiger partial charge in [-0.25, -0.2) is 9.59 Å². The predicted molar refractivity (Wildman–Crippen MR) is 69.2 cm³/mol. The number of aromatic carboxylic acids is 1. The van der Waals surface area contributed by atoms with Crippen LogP contribution in [0.5, 0.6) is 0 Å². The molecule has 0 saturated carbocycles. The molecular formula is C11H10N4O3S. The molecule has 0 saturated heterocycles. The van der Waals surface area contributed by atoms with E-state index in [2.05, 4.69) is 20.8 Å². The van der Waals surface area contributed by atoms with Crippen LogP contribution in [0.3, 0.4) is 0 Å². The van der Waals surface area contributed by atoms with E-state index < -0.39 is 12.0 Å². The van der Waals surface area contributed by atoms with Crippen molar-refractivity contribution in [1.29, 1.82) is 0 Å². The Morgan fingerprint density at radius 2 is 2.21 bits per heavy atom. The standard InChI is InChI=1S/C11H10N4O3S/c16-10(17)8-3-5-19-9(8)14-11(18)12-6-7-2-1-4-13-15-7/h1-5H,6H2,(H,16,17)(H2,12,14,18). The second kappa shape index (κ2) is 5.91. The first-order valence-corrected chi connectivity index (χ1v) is 6.17. The Kier molecular flexibility index (Phi) is 4.04. The van der Waals surface area contributed by atoms with Crippen LogP contribution in [0.25, 0.3) is 0 Å². The van der Waals surface area contributed by atoms with Crippen LogP contribution >= 0.6 is 11.3 Å². The van der Waals surface area contributed by atoms with E-state index in [4.69, 9.17) is 5.11 Å². The van der Waals surface area contributed by atoms with Gasteiger partial charge in [0.05, 0.1) is 17.8 Å². The fourth-order valence-corrected chi connectivity index (χ4v) is 2.09. The molecule has 2 rings (SSSR count). The summed E-state index contributed by atoms with van der Waals surface area (Å²) in [5, 5.41) is 23.3. The van der Waals surface area contributed by atoms with Crippen molar-refractivity contribution in [2.45, 2.75) is 6.54 Å². The molecule has 3 N–H and O–H groups in total. The van der Waals surface area contributed by atoms with Crippen molar-refractivity contribution in [3.8, 4) is 0 Å². The van der Waals surface area contributed by atoms with E-state index in [9.17, 15) is 9.59 Å². The quantitative estimate of drug-likeness (QED) is 0.787. The number of thiophene rings is 1. The highest BCUT2D eigenvalue weighted by atomic mass is 32.1. The molecule has 0 radical (unpaired) electrons. The molecular weight excluding hydrogens is 268 g/mol. The van der Waals surface area contributed by atoms with Gasteiger partial charge in [-0.1, -0.05) is 0 Å². The summed E-state index contributed by atoms with van der Waals surface area (Å²) in [6.45, 7) is 0.216. The van der Waals surface area contributed by atoms with Crippen molar-refractivity contribution in [3.63, 3.8) is 0 Å². The molecule has 0 spiro atoms. The maximum atomic E-state index is 11.6. The van der Waals surface area contributed by atoms with Crippen molar-refractivity contribution in [1.82, 2.24) is 15.5 Å². The van der Waals surface area contributed by atoms with Gasteiger partial charge in [-0.2, -0.15) is 10.2 Å². The van der Waals surface area contributed by atoms with Gasteiger partial charge in [-0.05, 0) is 23.6 Å². The zero-order valence-corrected chi connectivity index (χ0v) is 10.5. The predicted octanol–water partition coefficient (Wildman–Crippen LogP) is 1.56. The molecule has 0 bridgehead atoms. The number of amides is 2. The van der Waals surface area contributed by atoms with Crippen LogP contribution < -0.4 is 10.6 Å². The Morgan fingerprint density at radius 1 is 1.37 bits per heavy atom. The van der Waals surface area contributed by atoms with Crippen molar-refractivity contribution < 1.29 is 14.7 Å². The van der Waals surface area contributed by atoms with Crippen LogP contribution in [0, 0.1) is 0 Å². The number of hydrogen-bond donors (Lipinski definition) is 3. The largest absolute Gasteiger partial charge is 0.478 e. The molecule has 2 aromatic heterocycles. The maximum Gasteiger partial charge on any atom is 0.338 e. The summed E-state index contributed by atoms with van der Waals surface area (Å²) in [6.07, 6.45) is 1.54. The van der Waals surface area contributed by atoms with Gasteiger partial charge in [-0.3, -0.25) is 5.32 Å². The fourth-order valence-electron chi connectivity index (χ4n) is 1.32. The minimum Gasteiger partial charge on any atom is -0.478 e. The van der Waals surface area contributed by atoms with Crippen molar-refractivity contribution >= 4 is 28.3 Å². The molecule has 2 heterocycles. The van der Waals surface area contributed by atoms with E-state index in [0.29, 0.717) is 10.7 Å². The smallest absolute Gasteiger partial charge is 0.338 e. The lowest BCUT2D eigenvalue weighted by molar-refractivity contribution is 0.0698. The number of hydrogen-bond acceptors (Lipinski definition) is 5. The number of nitrogens with one attached hydrogen (secondary N) is 2. The van der Waals surface area contributed by atoms with Gasteiger partial charge < -0.3 is 10.4 Å². The number of carboxylic acid groups (broad SMARTS) is 1. The topological polar surface area (TPSA) is 104 Å². The molecule has 2 amide bonds. The van der Waals surface area contributed by atoms with E-state index in [0.717, 1.165) is 11.3 Å². The molecule has 0 aromatic carbocycles. The number of carbonyl (C=O) groups excluding carboxylic acids is 1. The summed E-state index contributed by atoms with van der Waals surface area (Å²) in [5.74, 6) is -1.08. The number of carbonyl (C=O) groups is 2. The first-order valence-electron chi connectivity index (χ1n) is 5.29. The molecule has 98 valence electrons. The number of rotatable bonds is 4. The van der Waals surface area contributed by atoms with Gasteiger partial charge >= 0.3 is 12.0 Å². The van der Waals surface area contributed by atoms with E-state index in [1.807, 2.05) is 0 Å². The average Bonchev–Trinajstić information content (AvgIpc) is 2.86. The lowest BCUT2D eigenvalue weighted by atomic mass is 10.3. The molecule has 0 aliphatic carbocycles. The molecule has 0 fully saturated rings. The highest BCUT2D eigenvalue weighted by Gasteiger charge is 2.13. The SMILES string of the molecule is O=C(NCc1cccnn1)Nc1sccc1C(=O)O. The van der Waals surface area contributed by atoms with Gasteiger partial charge in [0.2, 0.25) is 0 Å². The fraction of sp³-hybridized carbons (Fsp3) is 0.0909. The Morgan fingerprint density at radius 3 is 2.89 bits per heavy atom. The normalized spacial score (nSPS) is 9.89. The van der Waals surface area contributed by atoms with Crippen LogP contribution in [-0.2, 0) is 6.54 Å². The van der Waals surface area contributed by atoms with Crippen LogP contribution in [0.4, 0.5) is 9.80 Å². The van der Waals surface area contributed by atoms with Crippen LogP contribution in [0.2, 0.25) is 0 Å². The second-order valence-corrected chi connectivity index (χ2v) is 4.41. The Labute approximate surface area is 112 Å². The molecule has 0 unspecified atom stereocenters. The Bertz CT molecular complexity index is 585. The van der Waals surface area contributed by atoms with Gasteiger partial charge in [0, 0.05) is 6.20 Å². The van der Waals surface area contributed by atoms with E-state index in [1.165, 1.54) is 12.3 Å². The molecule has 2 aromatic rings. The first kappa shape index (κ1) is 13.0. The number of anilines is 1. The van der Waals surface area contributed by atoms with Gasteiger partial charge in [0.1, 0.15) is 5.00 Å². The summed E-state index contributed by atoms with van der Waals surface area (Å²) in [7, 11) is 0. The second-order valence-electron chi connectivity index (χ2n) is 3.49. The third-order valence-corrected chi connectivity index (χ3v) is 3.01. The maximum absolute atomic E-state index is 11.6. The number of nitrogens with zero attached hydrogens (tertiary/aromatic N) is 2. The van der Waals surface area contributed by atoms with Crippen LogP contribution in [0.1, 0.15) is 16.1 Å². The molecule has 0 aliphatic heterocycles. The monoisotopic (exact) mass is 278 g/mol. The van der Waals surface area contributed by atoms with Gasteiger partial charge in [0.15, 0.2) is 0 Å². The number of urea groups is 1. The Balaban J connectivity index is 1.91. The average molecular weight is 278 g/mol. The zero-order valence-electron chi connectivity index (χ0n) is 9.66. The summed E-state index contributed by atoms with van der Waals surface area (Å²) < 4.78 is 0.